The number of amides is 1. The highest BCUT2D eigenvalue weighted by Crippen LogP contribution is 2.39. The van der Waals surface area contributed by atoms with Crippen LogP contribution in [0.4, 0.5) is 4.39 Å². The van der Waals surface area contributed by atoms with Crippen molar-refractivity contribution in [1.29, 1.82) is 0 Å². The monoisotopic (exact) mass is 387 g/mol. The van der Waals surface area contributed by atoms with Gasteiger partial charge < -0.3 is 4.90 Å². The molecule has 5 rings (SSSR count). The maximum Gasteiger partial charge on any atom is 0.255 e. The lowest BCUT2D eigenvalue weighted by Gasteiger charge is -2.36. The summed E-state index contributed by atoms with van der Waals surface area (Å²) < 4.78 is 13.5. The van der Waals surface area contributed by atoms with Crippen LogP contribution in [0, 0.1) is 5.82 Å². The second-order valence-electron chi connectivity index (χ2n) is 7.03. The second-order valence-corrected chi connectivity index (χ2v) is 8.03. The molecule has 0 N–H and O–H groups in total. The summed E-state index contributed by atoms with van der Waals surface area (Å²) in [4.78, 5) is 16.9. The van der Waals surface area contributed by atoms with Crippen molar-refractivity contribution in [3.8, 4) is 0 Å². The van der Waals surface area contributed by atoms with Gasteiger partial charge >= 0.3 is 0 Å². The van der Waals surface area contributed by atoms with Crippen LogP contribution < -0.4 is 0 Å². The molecule has 1 aromatic heterocycles. The highest BCUT2D eigenvalue weighted by atomic mass is 32.1. The van der Waals surface area contributed by atoms with Gasteiger partial charge in [0.05, 0.1) is 6.04 Å². The number of halogens is 1. The van der Waals surface area contributed by atoms with E-state index in [9.17, 15) is 9.18 Å². The van der Waals surface area contributed by atoms with Crippen molar-refractivity contribution in [2.45, 2.75) is 12.5 Å². The molecule has 0 aliphatic carbocycles. The van der Waals surface area contributed by atoms with E-state index >= 15 is 0 Å². The molecular weight excluding hydrogens is 369 g/mol. The first kappa shape index (κ1) is 17.1. The molecule has 2 heterocycles. The SMILES string of the molecule is O=C(c1cccc2ccccc12)N1CCc2sccc2C1c1ccc(F)cc1. The number of hydrogen-bond acceptors (Lipinski definition) is 2. The summed E-state index contributed by atoms with van der Waals surface area (Å²) in [6.45, 7) is 0.650. The van der Waals surface area contributed by atoms with Crippen molar-refractivity contribution in [2.75, 3.05) is 6.54 Å². The molecule has 0 spiro atoms. The van der Waals surface area contributed by atoms with Gasteiger partial charge in [0.25, 0.3) is 5.91 Å². The lowest BCUT2D eigenvalue weighted by molar-refractivity contribution is 0.0698. The maximum absolute atomic E-state index is 13.7. The van der Waals surface area contributed by atoms with Gasteiger partial charge in [-0.3, -0.25) is 4.79 Å². The number of carbonyl (C=O) groups excluding carboxylic acids is 1. The molecule has 1 aliphatic rings. The minimum absolute atomic E-state index is 0.0166. The molecule has 0 radical (unpaired) electrons. The van der Waals surface area contributed by atoms with Crippen LogP contribution in [0.25, 0.3) is 10.8 Å². The van der Waals surface area contributed by atoms with Crippen LogP contribution in [0.1, 0.15) is 32.4 Å². The number of carbonyl (C=O) groups is 1. The van der Waals surface area contributed by atoms with Crippen LogP contribution in [0.5, 0.6) is 0 Å². The van der Waals surface area contributed by atoms with E-state index in [1.54, 1.807) is 23.5 Å². The molecule has 28 heavy (non-hydrogen) atoms. The molecule has 0 fully saturated rings. The Bertz CT molecular complexity index is 1160. The van der Waals surface area contributed by atoms with Gasteiger partial charge in [-0.25, -0.2) is 4.39 Å². The Balaban J connectivity index is 1.63. The van der Waals surface area contributed by atoms with Crippen LogP contribution >= 0.6 is 11.3 Å². The van der Waals surface area contributed by atoms with Crippen molar-refractivity contribution < 1.29 is 9.18 Å². The zero-order valence-electron chi connectivity index (χ0n) is 15.1. The normalized spacial score (nSPS) is 16.2. The fourth-order valence-electron chi connectivity index (χ4n) is 4.11. The summed E-state index contributed by atoms with van der Waals surface area (Å²) in [6, 6.07) is 22.2. The highest BCUT2D eigenvalue weighted by molar-refractivity contribution is 7.10. The van der Waals surface area contributed by atoms with Crippen LogP contribution in [0.15, 0.2) is 78.2 Å². The zero-order valence-corrected chi connectivity index (χ0v) is 16.0. The van der Waals surface area contributed by atoms with E-state index in [0.29, 0.717) is 12.1 Å². The first-order valence-corrected chi connectivity index (χ1v) is 10.2. The summed E-state index contributed by atoms with van der Waals surface area (Å²) in [5.74, 6) is -0.250. The number of fused-ring (bicyclic) bond motifs is 2. The third kappa shape index (κ3) is 2.81. The molecule has 0 saturated heterocycles. The Morgan fingerprint density at radius 2 is 1.75 bits per heavy atom. The first-order valence-electron chi connectivity index (χ1n) is 9.33. The summed E-state index contributed by atoms with van der Waals surface area (Å²) in [5.41, 5.74) is 2.80. The van der Waals surface area contributed by atoms with Crippen LogP contribution in [-0.2, 0) is 6.42 Å². The van der Waals surface area contributed by atoms with Gasteiger partial charge in [-0.2, -0.15) is 0 Å². The van der Waals surface area contributed by atoms with Crippen molar-refractivity contribution in [3.05, 3.63) is 106 Å². The van der Waals surface area contributed by atoms with Gasteiger partial charge in [0.2, 0.25) is 0 Å². The van der Waals surface area contributed by atoms with Crippen molar-refractivity contribution in [2.24, 2.45) is 0 Å². The molecule has 1 unspecified atom stereocenters. The van der Waals surface area contributed by atoms with Crippen molar-refractivity contribution >= 4 is 28.0 Å². The summed E-state index contributed by atoms with van der Waals surface area (Å²) in [5, 5.41) is 4.09. The maximum atomic E-state index is 13.7. The zero-order chi connectivity index (χ0) is 19.1. The third-order valence-electron chi connectivity index (χ3n) is 5.43. The molecular formula is C24H18FNOS. The van der Waals surface area contributed by atoms with Gasteiger partial charge in [-0.1, -0.05) is 48.5 Å². The summed E-state index contributed by atoms with van der Waals surface area (Å²) in [7, 11) is 0. The Kier molecular flexibility index (Phi) is 4.21. The van der Waals surface area contributed by atoms with Crippen molar-refractivity contribution in [3.63, 3.8) is 0 Å². The van der Waals surface area contributed by atoms with Crippen LogP contribution in [-0.4, -0.2) is 17.4 Å². The van der Waals surface area contributed by atoms with Gasteiger partial charge in [0.1, 0.15) is 5.82 Å². The van der Waals surface area contributed by atoms with Crippen LogP contribution in [0.2, 0.25) is 0 Å². The predicted molar refractivity (Wildman–Crippen MR) is 111 cm³/mol. The van der Waals surface area contributed by atoms with Gasteiger partial charge in [-0.15, -0.1) is 11.3 Å². The van der Waals surface area contributed by atoms with E-state index in [1.807, 2.05) is 47.4 Å². The Morgan fingerprint density at radius 3 is 2.61 bits per heavy atom. The lowest BCUT2D eigenvalue weighted by atomic mass is 9.92. The molecule has 4 aromatic rings. The van der Waals surface area contributed by atoms with Crippen molar-refractivity contribution in [1.82, 2.24) is 4.90 Å². The molecule has 1 amide bonds. The first-order chi connectivity index (χ1) is 13.7. The van der Waals surface area contributed by atoms with E-state index in [4.69, 9.17) is 0 Å². The number of rotatable bonds is 2. The minimum atomic E-state index is -0.267. The predicted octanol–water partition coefficient (Wildman–Crippen LogP) is 5.83. The van der Waals surface area contributed by atoms with E-state index < -0.39 is 0 Å². The largest absolute Gasteiger partial charge is 0.327 e. The highest BCUT2D eigenvalue weighted by Gasteiger charge is 2.33. The fraction of sp³-hybridized carbons (Fsp3) is 0.125. The molecule has 0 bridgehead atoms. The molecule has 2 nitrogen and oxygen atoms in total. The fourth-order valence-corrected chi connectivity index (χ4v) is 5.01. The molecule has 1 aliphatic heterocycles. The van der Waals surface area contributed by atoms with Gasteiger partial charge in [-0.05, 0) is 58.0 Å². The van der Waals surface area contributed by atoms with E-state index in [1.165, 1.54) is 17.0 Å². The molecule has 1 atom stereocenters. The van der Waals surface area contributed by atoms with E-state index in [2.05, 4.69) is 11.4 Å². The number of nitrogens with zero attached hydrogens (tertiary/aromatic N) is 1. The van der Waals surface area contributed by atoms with Gasteiger partial charge in [0.15, 0.2) is 0 Å². The van der Waals surface area contributed by atoms with Gasteiger partial charge in [0, 0.05) is 17.0 Å². The quantitative estimate of drug-likeness (QED) is 0.424. The lowest BCUT2D eigenvalue weighted by Crippen LogP contribution is -2.40. The van der Waals surface area contributed by atoms with Crippen LogP contribution in [0.3, 0.4) is 0 Å². The molecule has 3 aromatic carbocycles. The second kappa shape index (κ2) is 6.88. The molecule has 4 heteroatoms. The summed E-state index contributed by atoms with van der Waals surface area (Å²) in [6.07, 6.45) is 0.848. The average Bonchev–Trinajstić information content (AvgIpc) is 3.22. The Hall–Kier alpha value is -2.98. The molecule has 0 saturated carbocycles. The topological polar surface area (TPSA) is 20.3 Å². The molecule has 138 valence electrons. The Labute approximate surface area is 166 Å². The average molecular weight is 387 g/mol. The van der Waals surface area contributed by atoms with E-state index in [-0.39, 0.29) is 17.8 Å². The summed E-state index contributed by atoms with van der Waals surface area (Å²) >= 11 is 1.73. The smallest absolute Gasteiger partial charge is 0.255 e. The Morgan fingerprint density at radius 1 is 0.964 bits per heavy atom. The number of thiophene rings is 1. The number of hydrogen-bond donors (Lipinski definition) is 0. The third-order valence-corrected chi connectivity index (χ3v) is 6.43. The minimum Gasteiger partial charge on any atom is -0.327 e. The number of benzene rings is 3. The van der Waals surface area contributed by atoms with E-state index in [0.717, 1.165) is 28.3 Å². The standard InChI is InChI=1S/C24H18FNOS/c25-18-10-8-17(9-11-18)23-21-13-15-28-22(21)12-14-26(23)24(27)20-7-3-5-16-4-1-2-6-19(16)20/h1-11,13,15,23H,12,14H2.